The summed E-state index contributed by atoms with van der Waals surface area (Å²) in [6.45, 7) is 0.999. The predicted octanol–water partition coefficient (Wildman–Crippen LogP) is 2.08. The number of nitrogens with zero attached hydrogens (tertiary/aromatic N) is 3. The molecule has 4 rings (SSSR count). The number of methoxy groups -OCH3 is 1. The quantitative estimate of drug-likeness (QED) is 0.331. The summed E-state index contributed by atoms with van der Waals surface area (Å²) >= 11 is 1.12. The molecule has 10 nitrogen and oxygen atoms in total. The van der Waals surface area contributed by atoms with Crippen molar-refractivity contribution in [1.82, 2.24) is 14.7 Å². The average molecular weight is 444 g/mol. The number of thioether (sulfide) groups is 1. The van der Waals surface area contributed by atoms with Crippen LogP contribution in [0.5, 0.6) is 0 Å². The summed E-state index contributed by atoms with van der Waals surface area (Å²) in [4.78, 5) is 41.9. The second-order valence-corrected chi connectivity index (χ2v) is 7.83. The standard InChI is InChI=1S/C20H20N4O6S/c1-28-19(27)12-4-5-14-15(9-12)21-20(24(18(14)26)10-13-3-2-7-29-13)31-11-17(25)22-16-6-8-30-23-16/h4-6,8-9,13H,2-3,7,10-11H2,1H3,(H,22,23,25). The summed E-state index contributed by atoms with van der Waals surface area (Å²) in [5.41, 5.74) is 0.394. The molecule has 31 heavy (non-hydrogen) atoms. The van der Waals surface area contributed by atoms with Gasteiger partial charge in [-0.1, -0.05) is 16.9 Å². The van der Waals surface area contributed by atoms with Crippen LogP contribution in [-0.2, 0) is 20.8 Å². The van der Waals surface area contributed by atoms with Crippen molar-refractivity contribution in [2.75, 3.05) is 24.8 Å². The second-order valence-electron chi connectivity index (χ2n) is 6.89. The van der Waals surface area contributed by atoms with Gasteiger partial charge in [0.05, 0.1) is 42.0 Å². The van der Waals surface area contributed by atoms with Crippen molar-refractivity contribution in [2.45, 2.75) is 30.6 Å². The summed E-state index contributed by atoms with van der Waals surface area (Å²) in [6, 6.07) is 6.14. The van der Waals surface area contributed by atoms with Gasteiger partial charge in [0.1, 0.15) is 6.26 Å². The number of carbonyl (C=O) groups is 2. The van der Waals surface area contributed by atoms with E-state index in [-0.39, 0.29) is 23.3 Å². The number of hydrogen-bond acceptors (Lipinski definition) is 9. The van der Waals surface area contributed by atoms with E-state index in [2.05, 4.69) is 15.5 Å². The van der Waals surface area contributed by atoms with Gasteiger partial charge in [-0.25, -0.2) is 9.78 Å². The van der Waals surface area contributed by atoms with Gasteiger partial charge in [-0.05, 0) is 31.0 Å². The predicted molar refractivity (Wildman–Crippen MR) is 112 cm³/mol. The summed E-state index contributed by atoms with van der Waals surface area (Å²) in [5.74, 6) is -0.530. The lowest BCUT2D eigenvalue weighted by Crippen LogP contribution is -2.29. The molecule has 3 heterocycles. The number of amides is 1. The van der Waals surface area contributed by atoms with Gasteiger partial charge < -0.3 is 19.3 Å². The van der Waals surface area contributed by atoms with Crippen LogP contribution in [0.25, 0.3) is 10.9 Å². The molecule has 1 amide bonds. The second kappa shape index (κ2) is 9.31. The van der Waals surface area contributed by atoms with E-state index in [1.165, 1.54) is 36.1 Å². The maximum Gasteiger partial charge on any atom is 0.337 e. The molecule has 0 aliphatic carbocycles. The molecule has 0 spiro atoms. The fourth-order valence-electron chi connectivity index (χ4n) is 3.29. The highest BCUT2D eigenvalue weighted by Crippen LogP contribution is 2.22. The third-order valence-corrected chi connectivity index (χ3v) is 5.77. The lowest BCUT2D eigenvalue weighted by Gasteiger charge is -2.16. The Bertz CT molecular complexity index is 1150. The Balaban J connectivity index is 1.65. The molecule has 11 heteroatoms. The Kier molecular flexibility index (Phi) is 6.33. The van der Waals surface area contributed by atoms with E-state index in [0.717, 1.165) is 24.6 Å². The van der Waals surface area contributed by atoms with E-state index in [0.29, 0.717) is 40.6 Å². The SMILES string of the molecule is COC(=O)c1ccc2c(=O)n(CC3CCCO3)c(SCC(=O)Nc3ccon3)nc2c1. The van der Waals surface area contributed by atoms with E-state index in [9.17, 15) is 14.4 Å². The van der Waals surface area contributed by atoms with Crippen molar-refractivity contribution in [3.8, 4) is 0 Å². The molecule has 0 radical (unpaired) electrons. The van der Waals surface area contributed by atoms with Gasteiger partial charge in [0, 0.05) is 12.7 Å². The number of nitrogens with one attached hydrogen (secondary N) is 1. The first kappa shape index (κ1) is 21.1. The number of aromatic nitrogens is 3. The minimum atomic E-state index is -0.520. The van der Waals surface area contributed by atoms with Crippen LogP contribution in [0, 0.1) is 0 Å². The van der Waals surface area contributed by atoms with E-state index in [1.54, 1.807) is 6.07 Å². The van der Waals surface area contributed by atoms with Crippen molar-refractivity contribution in [2.24, 2.45) is 0 Å². The van der Waals surface area contributed by atoms with Gasteiger partial charge in [-0.3, -0.25) is 14.2 Å². The van der Waals surface area contributed by atoms with Crippen molar-refractivity contribution in [1.29, 1.82) is 0 Å². The van der Waals surface area contributed by atoms with Gasteiger partial charge in [-0.2, -0.15) is 0 Å². The van der Waals surface area contributed by atoms with Crippen LogP contribution >= 0.6 is 11.8 Å². The average Bonchev–Trinajstić information content (AvgIpc) is 3.48. The van der Waals surface area contributed by atoms with Crippen molar-refractivity contribution >= 4 is 40.4 Å². The van der Waals surface area contributed by atoms with Crippen LogP contribution in [0.15, 0.2) is 45.0 Å². The molecule has 1 aliphatic rings. The van der Waals surface area contributed by atoms with Crippen LogP contribution in [0.4, 0.5) is 5.82 Å². The monoisotopic (exact) mass is 444 g/mol. The molecule has 3 aromatic rings. The highest BCUT2D eigenvalue weighted by atomic mass is 32.2. The molecule has 1 saturated heterocycles. The number of rotatable bonds is 7. The van der Waals surface area contributed by atoms with Crippen LogP contribution in [0.3, 0.4) is 0 Å². The van der Waals surface area contributed by atoms with Gasteiger partial charge in [0.25, 0.3) is 5.56 Å². The Labute approximate surface area is 180 Å². The number of carbonyl (C=O) groups excluding carboxylic acids is 2. The first-order valence-corrected chi connectivity index (χ1v) is 10.6. The maximum absolute atomic E-state index is 13.2. The normalized spacial score (nSPS) is 15.8. The Morgan fingerprint density at radius 3 is 2.94 bits per heavy atom. The summed E-state index contributed by atoms with van der Waals surface area (Å²) < 4.78 is 16.7. The number of fused-ring (bicyclic) bond motifs is 1. The van der Waals surface area contributed by atoms with E-state index in [1.807, 2.05) is 0 Å². The highest BCUT2D eigenvalue weighted by molar-refractivity contribution is 7.99. The van der Waals surface area contributed by atoms with E-state index >= 15 is 0 Å². The molecule has 162 valence electrons. The zero-order chi connectivity index (χ0) is 21.8. The molecular formula is C20H20N4O6S. The van der Waals surface area contributed by atoms with Crippen LogP contribution < -0.4 is 10.9 Å². The first-order chi connectivity index (χ1) is 15.0. The largest absolute Gasteiger partial charge is 0.465 e. The zero-order valence-electron chi connectivity index (χ0n) is 16.7. The molecular weight excluding hydrogens is 424 g/mol. The molecule has 1 aromatic carbocycles. The van der Waals surface area contributed by atoms with Gasteiger partial charge >= 0.3 is 5.97 Å². The maximum atomic E-state index is 13.2. The first-order valence-electron chi connectivity index (χ1n) is 9.62. The lowest BCUT2D eigenvalue weighted by atomic mass is 10.1. The number of anilines is 1. The van der Waals surface area contributed by atoms with Gasteiger partial charge in [0.2, 0.25) is 5.91 Å². The molecule has 0 saturated carbocycles. The molecule has 1 unspecified atom stereocenters. The Morgan fingerprint density at radius 2 is 2.23 bits per heavy atom. The van der Waals surface area contributed by atoms with E-state index in [4.69, 9.17) is 14.0 Å². The molecule has 2 aromatic heterocycles. The van der Waals surface area contributed by atoms with Crippen molar-refractivity contribution < 1.29 is 23.6 Å². The smallest absolute Gasteiger partial charge is 0.337 e. The highest BCUT2D eigenvalue weighted by Gasteiger charge is 2.21. The molecule has 1 aliphatic heterocycles. The van der Waals surface area contributed by atoms with Crippen LogP contribution in [-0.4, -0.2) is 52.2 Å². The van der Waals surface area contributed by atoms with Crippen LogP contribution in [0.2, 0.25) is 0 Å². The Hall–Kier alpha value is -3.18. The van der Waals surface area contributed by atoms with E-state index < -0.39 is 5.97 Å². The van der Waals surface area contributed by atoms with Crippen molar-refractivity contribution in [3.63, 3.8) is 0 Å². The van der Waals surface area contributed by atoms with Gasteiger partial charge in [-0.15, -0.1) is 0 Å². The fourth-order valence-corrected chi connectivity index (χ4v) is 4.10. The molecule has 1 fully saturated rings. The molecule has 1 N–H and O–H groups in total. The lowest BCUT2D eigenvalue weighted by molar-refractivity contribution is -0.113. The molecule has 1 atom stereocenters. The summed E-state index contributed by atoms with van der Waals surface area (Å²) in [7, 11) is 1.29. The number of esters is 1. The zero-order valence-corrected chi connectivity index (χ0v) is 17.5. The molecule has 0 bridgehead atoms. The number of benzene rings is 1. The summed E-state index contributed by atoms with van der Waals surface area (Å²) in [6.07, 6.45) is 3.05. The minimum absolute atomic E-state index is 0.00697. The van der Waals surface area contributed by atoms with Crippen LogP contribution in [0.1, 0.15) is 23.2 Å². The summed E-state index contributed by atoms with van der Waals surface area (Å²) in [5, 5.41) is 6.98. The third-order valence-electron chi connectivity index (χ3n) is 4.79. The fraction of sp³-hybridized carbons (Fsp3) is 0.350. The minimum Gasteiger partial charge on any atom is -0.465 e. The Morgan fingerprint density at radius 1 is 1.35 bits per heavy atom. The third kappa shape index (κ3) is 4.78. The van der Waals surface area contributed by atoms with Crippen molar-refractivity contribution in [3.05, 3.63) is 46.4 Å². The number of ether oxygens (including phenoxy) is 2. The van der Waals surface area contributed by atoms with Gasteiger partial charge in [0.15, 0.2) is 11.0 Å². The number of hydrogen-bond donors (Lipinski definition) is 1. The topological polar surface area (TPSA) is 126 Å².